The molecular formula is C20H17BrN4O3. The molecule has 4 rings (SSSR count). The lowest BCUT2D eigenvalue weighted by atomic mass is 10.1. The van der Waals surface area contributed by atoms with E-state index < -0.39 is 11.2 Å². The van der Waals surface area contributed by atoms with Gasteiger partial charge >= 0.3 is 5.69 Å². The van der Waals surface area contributed by atoms with Gasteiger partial charge in [-0.25, -0.2) is 9.78 Å². The summed E-state index contributed by atoms with van der Waals surface area (Å²) in [5, 5.41) is 0. The number of rotatable bonds is 5. The predicted molar refractivity (Wildman–Crippen MR) is 110 cm³/mol. The highest BCUT2D eigenvalue weighted by molar-refractivity contribution is 9.08. The Labute approximate surface area is 168 Å². The van der Waals surface area contributed by atoms with Gasteiger partial charge in [-0.05, 0) is 11.1 Å². The molecule has 0 unspecified atom stereocenters. The molecule has 28 heavy (non-hydrogen) atoms. The first-order valence-electron chi connectivity index (χ1n) is 8.67. The van der Waals surface area contributed by atoms with Crippen molar-refractivity contribution in [3.63, 3.8) is 0 Å². The molecule has 0 amide bonds. The van der Waals surface area contributed by atoms with Crippen LogP contribution in [0.4, 0.5) is 0 Å². The summed E-state index contributed by atoms with van der Waals surface area (Å²) in [6.45, 7) is 0.263. The lowest BCUT2D eigenvalue weighted by Crippen LogP contribution is -2.35. The van der Waals surface area contributed by atoms with Crippen LogP contribution in [0.25, 0.3) is 11.2 Å². The molecule has 7 nitrogen and oxygen atoms in total. The van der Waals surface area contributed by atoms with Crippen LogP contribution in [-0.4, -0.2) is 17.9 Å². The Kier molecular flexibility index (Phi) is 4.87. The summed E-state index contributed by atoms with van der Waals surface area (Å²) in [6.07, 6.45) is 0.459. The molecule has 2 heterocycles. The molecule has 2 aromatic carbocycles. The van der Waals surface area contributed by atoms with Gasteiger partial charge in [-0.3, -0.25) is 9.36 Å². The Morgan fingerprint density at radius 1 is 0.964 bits per heavy atom. The number of nitrogens with zero attached hydrogens (tertiary/aromatic N) is 4. The van der Waals surface area contributed by atoms with Crippen LogP contribution >= 0.6 is 16.1 Å². The largest absolute Gasteiger partial charge is 0.407 e. The van der Waals surface area contributed by atoms with E-state index in [1.165, 1.54) is 9.30 Å². The minimum absolute atomic E-state index is 0.209. The van der Waals surface area contributed by atoms with Crippen LogP contribution in [0.3, 0.4) is 0 Å². The second-order valence-corrected chi connectivity index (χ2v) is 7.05. The number of halogens is 1. The smallest absolute Gasteiger partial charge is 0.342 e. The van der Waals surface area contributed by atoms with Gasteiger partial charge in [0.25, 0.3) is 5.56 Å². The highest BCUT2D eigenvalue weighted by atomic mass is 79.9. The van der Waals surface area contributed by atoms with E-state index in [0.717, 1.165) is 14.7 Å². The lowest BCUT2D eigenvalue weighted by Gasteiger charge is -2.11. The number of aryl methyl sites for hydroxylation is 1. The zero-order valence-corrected chi connectivity index (χ0v) is 16.7. The quantitative estimate of drug-likeness (QED) is 0.477. The van der Waals surface area contributed by atoms with E-state index in [4.69, 9.17) is 4.84 Å². The molecule has 0 fully saturated rings. The van der Waals surface area contributed by atoms with Crippen molar-refractivity contribution in [2.45, 2.75) is 13.0 Å². The normalized spacial score (nSPS) is 11.1. The number of aromatic nitrogens is 4. The molecule has 0 aliphatic carbocycles. The van der Waals surface area contributed by atoms with Gasteiger partial charge in [-0.1, -0.05) is 60.7 Å². The van der Waals surface area contributed by atoms with Gasteiger partial charge in [0.2, 0.25) is 0 Å². The number of hydrogen-bond donors (Lipinski definition) is 0. The highest BCUT2D eigenvalue weighted by Gasteiger charge is 2.21. The van der Waals surface area contributed by atoms with E-state index in [2.05, 4.69) is 21.1 Å². The third kappa shape index (κ3) is 3.27. The van der Waals surface area contributed by atoms with Crippen LogP contribution in [0, 0.1) is 0 Å². The molecule has 0 atom stereocenters. The van der Waals surface area contributed by atoms with Gasteiger partial charge in [0, 0.05) is 13.5 Å². The standard InChI is InChI=1S/C20H17BrN4O3/c1-23-18-17(19(26)24(21)20(23)27)25(28-13-15-10-6-3-7-11-15)16(22-18)12-14-8-4-2-5-9-14/h2-11H,12-13H2,1H3. The first kappa shape index (κ1) is 18.2. The molecule has 142 valence electrons. The summed E-state index contributed by atoms with van der Waals surface area (Å²) in [7, 11) is 1.57. The van der Waals surface area contributed by atoms with E-state index in [-0.39, 0.29) is 17.8 Å². The Balaban J connectivity index is 1.86. The van der Waals surface area contributed by atoms with Crippen molar-refractivity contribution in [1.29, 1.82) is 0 Å². The maximum atomic E-state index is 12.8. The molecule has 0 spiro atoms. The fourth-order valence-corrected chi connectivity index (χ4v) is 3.41. The number of imidazole rings is 1. The minimum atomic E-state index is -0.516. The van der Waals surface area contributed by atoms with E-state index in [9.17, 15) is 9.59 Å². The molecular weight excluding hydrogens is 424 g/mol. The van der Waals surface area contributed by atoms with Gasteiger partial charge in [0.1, 0.15) is 6.61 Å². The highest BCUT2D eigenvalue weighted by Crippen LogP contribution is 2.15. The van der Waals surface area contributed by atoms with Gasteiger partial charge in [-0.2, -0.15) is 8.32 Å². The molecule has 0 radical (unpaired) electrons. The minimum Gasteiger partial charge on any atom is -0.407 e. The third-order valence-corrected chi connectivity index (χ3v) is 5.07. The molecule has 8 heteroatoms. The fourth-order valence-electron chi connectivity index (χ4n) is 3.00. The van der Waals surface area contributed by atoms with Gasteiger partial charge < -0.3 is 4.84 Å². The summed E-state index contributed by atoms with van der Waals surface area (Å²) in [4.78, 5) is 35.5. The van der Waals surface area contributed by atoms with Crippen LogP contribution < -0.4 is 16.1 Å². The Morgan fingerprint density at radius 3 is 2.21 bits per heavy atom. The van der Waals surface area contributed by atoms with E-state index >= 15 is 0 Å². The monoisotopic (exact) mass is 440 g/mol. The molecule has 0 N–H and O–H groups in total. The van der Waals surface area contributed by atoms with Gasteiger partial charge in [0.05, 0.1) is 16.1 Å². The number of fused-ring (bicyclic) bond motifs is 1. The first-order valence-corrected chi connectivity index (χ1v) is 9.38. The number of hydrogen-bond acceptors (Lipinski definition) is 4. The van der Waals surface area contributed by atoms with Crippen molar-refractivity contribution < 1.29 is 4.84 Å². The predicted octanol–water partition coefficient (Wildman–Crippen LogP) is 2.27. The van der Waals surface area contributed by atoms with Crippen molar-refractivity contribution >= 4 is 27.3 Å². The van der Waals surface area contributed by atoms with Gasteiger partial charge in [0.15, 0.2) is 17.0 Å². The molecule has 0 bridgehead atoms. The Bertz CT molecular complexity index is 1240. The van der Waals surface area contributed by atoms with Crippen LogP contribution in [0.5, 0.6) is 0 Å². The summed E-state index contributed by atoms with van der Waals surface area (Å²) in [5.41, 5.74) is 1.45. The van der Waals surface area contributed by atoms with Crippen molar-refractivity contribution in [3.8, 4) is 0 Å². The van der Waals surface area contributed by atoms with E-state index in [1.807, 2.05) is 60.7 Å². The SMILES string of the molecule is Cn1c(=O)n(Br)c(=O)c2c1nc(Cc1ccccc1)n2OCc1ccccc1. The molecule has 0 aliphatic rings. The molecule has 0 saturated heterocycles. The summed E-state index contributed by atoms with van der Waals surface area (Å²) in [5.74, 6) is 0.544. The van der Waals surface area contributed by atoms with Crippen molar-refractivity contribution in [1.82, 2.24) is 17.9 Å². The van der Waals surface area contributed by atoms with Crippen molar-refractivity contribution in [2.75, 3.05) is 0 Å². The summed E-state index contributed by atoms with van der Waals surface area (Å²) >= 11 is 3.03. The third-order valence-electron chi connectivity index (χ3n) is 4.45. The summed E-state index contributed by atoms with van der Waals surface area (Å²) < 4.78 is 3.64. The lowest BCUT2D eigenvalue weighted by molar-refractivity contribution is 0.0995. The van der Waals surface area contributed by atoms with Crippen molar-refractivity contribution in [2.24, 2.45) is 7.05 Å². The Hall–Kier alpha value is -3.13. The second kappa shape index (κ2) is 7.47. The molecule has 2 aromatic heterocycles. The van der Waals surface area contributed by atoms with Crippen LogP contribution in [0.15, 0.2) is 70.3 Å². The average Bonchev–Trinajstić information content (AvgIpc) is 3.09. The summed E-state index contributed by atoms with van der Waals surface area (Å²) in [6, 6.07) is 19.4. The molecule has 4 aromatic rings. The first-order chi connectivity index (χ1) is 13.6. The van der Waals surface area contributed by atoms with Crippen LogP contribution in [0.2, 0.25) is 0 Å². The Morgan fingerprint density at radius 2 is 1.57 bits per heavy atom. The van der Waals surface area contributed by atoms with Crippen LogP contribution in [0.1, 0.15) is 17.0 Å². The second-order valence-electron chi connectivity index (χ2n) is 6.34. The number of benzene rings is 2. The molecule has 0 aliphatic heterocycles. The fraction of sp³-hybridized carbons (Fsp3) is 0.150. The average molecular weight is 441 g/mol. The zero-order valence-electron chi connectivity index (χ0n) is 15.1. The van der Waals surface area contributed by atoms with Gasteiger partial charge in [-0.15, -0.1) is 0 Å². The van der Waals surface area contributed by atoms with Crippen LogP contribution in [-0.2, 0) is 20.1 Å². The van der Waals surface area contributed by atoms with E-state index in [0.29, 0.717) is 12.2 Å². The maximum absolute atomic E-state index is 12.8. The van der Waals surface area contributed by atoms with E-state index in [1.54, 1.807) is 7.05 Å². The zero-order chi connectivity index (χ0) is 19.7. The molecule has 0 saturated carbocycles. The topological polar surface area (TPSA) is 71.0 Å². The maximum Gasteiger partial charge on any atom is 0.342 e. The van der Waals surface area contributed by atoms with Crippen molar-refractivity contribution in [3.05, 3.63) is 98.5 Å².